The molecule has 0 saturated heterocycles. The second-order valence-electron chi connectivity index (χ2n) is 6.27. The molecule has 3 rings (SSSR count). The summed E-state index contributed by atoms with van der Waals surface area (Å²) in [6.45, 7) is -0.256. The minimum absolute atomic E-state index is 0.0873. The van der Waals surface area contributed by atoms with E-state index in [9.17, 15) is 9.59 Å². The first-order chi connectivity index (χ1) is 13.9. The van der Waals surface area contributed by atoms with Gasteiger partial charge in [-0.1, -0.05) is 27.5 Å². The van der Waals surface area contributed by atoms with Gasteiger partial charge in [0.05, 0.1) is 17.7 Å². The Hall–Kier alpha value is -1.68. The number of carbonyl (C=O) groups excluding carboxylic acids is 2. The highest BCUT2D eigenvalue weighted by molar-refractivity contribution is 9.10. The molecule has 1 aliphatic rings. The fraction of sp³-hybridized carbons (Fsp3) is 0.316. The van der Waals surface area contributed by atoms with Crippen molar-refractivity contribution in [2.24, 2.45) is 0 Å². The molecule has 154 valence electrons. The molecule has 1 heterocycles. The molecule has 0 spiro atoms. The van der Waals surface area contributed by atoms with Gasteiger partial charge in [-0.2, -0.15) is 0 Å². The van der Waals surface area contributed by atoms with E-state index in [4.69, 9.17) is 33.3 Å². The average Bonchev–Trinajstić information content (AvgIpc) is 3.04. The first-order valence-electron chi connectivity index (χ1n) is 8.80. The molecule has 0 aliphatic heterocycles. The summed E-state index contributed by atoms with van der Waals surface area (Å²) in [7, 11) is 1.35. The van der Waals surface area contributed by atoms with E-state index in [2.05, 4.69) is 26.6 Å². The first-order valence-corrected chi connectivity index (χ1v) is 11.2. The van der Waals surface area contributed by atoms with Crippen LogP contribution in [0.2, 0.25) is 5.02 Å². The fourth-order valence-electron chi connectivity index (χ4n) is 3.00. The lowest BCUT2D eigenvalue weighted by Crippen LogP contribution is -2.37. The van der Waals surface area contributed by atoms with E-state index in [1.807, 2.05) is 0 Å². The molecule has 1 aromatic carbocycles. The standard InChI is InChI=1S/C19H18BrClN2O4S2/c1-26-18(25)16-11-4-2-3-5-14(11)29-17(16)23-19(28)22-15(24)9-27-13-7-6-10(20)8-12(13)21/h6-8H,2-5,9H2,1H3,(H2,22,23,24,28). The normalized spacial score (nSPS) is 12.7. The van der Waals surface area contributed by atoms with Crippen LogP contribution in [0, 0.1) is 0 Å². The summed E-state index contributed by atoms with van der Waals surface area (Å²) in [5.41, 5.74) is 1.51. The Bertz CT molecular complexity index is 964. The molecule has 0 radical (unpaired) electrons. The maximum atomic E-state index is 12.3. The van der Waals surface area contributed by atoms with Crippen LogP contribution in [0.3, 0.4) is 0 Å². The van der Waals surface area contributed by atoms with E-state index in [1.165, 1.54) is 18.4 Å². The van der Waals surface area contributed by atoms with Gasteiger partial charge in [0.1, 0.15) is 10.8 Å². The number of hydrogen-bond donors (Lipinski definition) is 2. The van der Waals surface area contributed by atoms with Gasteiger partial charge in [-0.05, 0) is 61.7 Å². The van der Waals surface area contributed by atoms with Crippen molar-refractivity contribution < 1.29 is 19.1 Å². The zero-order chi connectivity index (χ0) is 21.0. The number of ether oxygens (including phenoxy) is 2. The van der Waals surface area contributed by atoms with Gasteiger partial charge in [0.15, 0.2) is 11.7 Å². The van der Waals surface area contributed by atoms with Gasteiger partial charge in [-0.3, -0.25) is 10.1 Å². The molecule has 1 amide bonds. The van der Waals surface area contributed by atoms with Crippen molar-refractivity contribution in [3.63, 3.8) is 0 Å². The van der Waals surface area contributed by atoms with E-state index < -0.39 is 11.9 Å². The molecule has 2 N–H and O–H groups in total. The Morgan fingerprint density at radius 1 is 1.31 bits per heavy atom. The number of halogens is 2. The lowest BCUT2D eigenvalue weighted by atomic mass is 9.95. The molecule has 1 aromatic heterocycles. The van der Waals surface area contributed by atoms with Crippen molar-refractivity contribution in [1.82, 2.24) is 5.32 Å². The monoisotopic (exact) mass is 516 g/mol. The summed E-state index contributed by atoms with van der Waals surface area (Å²) in [5.74, 6) is -0.459. The highest BCUT2D eigenvalue weighted by Crippen LogP contribution is 2.38. The molecule has 1 aliphatic carbocycles. The van der Waals surface area contributed by atoms with E-state index in [-0.39, 0.29) is 11.7 Å². The summed E-state index contributed by atoms with van der Waals surface area (Å²) >= 11 is 16.1. The Balaban J connectivity index is 1.62. The molecule has 6 nitrogen and oxygen atoms in total. The zero-order valence-corrected chi connectivity index (χ0v) is 19.4. The number of rotatable bonds is 5. The van der Waals surface area contributed by atoms with E-state index in [0.29, 0.717) is 21.3 Å². The van der Waals surface area contributed by atoms with Crippen LogP contribution in [-0.4, -0.2) is 30.7 Å². The number of aryl methyl sites for hydroxylation is 1. The van der Waals surface area contributed by atoms with Crippen molar-refractivity contribution in [2.45, 2.75) is 25.7 Å². The topological polar surface area (TPSA) is 76.7 Å². The second kappa shape index (κ2) is 9.88. The van der Waals surface area contributed by atoms with Gasteiger partial charge in [0, 0.05) is 9.35 Å². The molecule has 0 atom stereocenters. The van der Waals surface area contributed by atoms with Crippen LogP contribution in [0.15, 0.2) is 22.7 Å². The number of esters is 1. The van der Waals surface area contributed by atoms with Crippen molar-refractivity contribution in [3.05, 3.63) is 43.7 Å². The number of thiophene rings is 1. The molecule has 0 unspecified atom stereocenters. The maximum absolute atomic E-state index is 12.3. The molecular weight excluding hydrogens is 500 g/mol. The maximum Gasteiger partial charge on any atom is 0.341 e. The lowest BCUT2D eigenvalue weighted by Gasteiger charge is -2.12. The molecule has 0 fully saturated rings. The fourth-order valence-corrected chi connectivity index (χ4v) is 5.29. The number of benzene rings is 1. The average molecular weight is 518 g/mol. The minimum Gasteiger partial charge on any atom is -0.482 e. The number of carbonyl (C=O) groups is 2. The van der Waals surface area contributed by atoms with Crippen molar-refractivity contribution in [3.8, 4) is 5.75 Å². The van der Waals surface area contributed by atoms with Crippen LogP contribution < -0.4 is 15.4 Å². The summed E-state index contributed by atoms with van der Waals surface area (Å²) in [6.07, 6.45) is 3.88. The molecular formula is C19H18BrClN2O4S2. The van der Waals surface area contributed by atoms with Crippen LogP contribution in [0.1, 0.15) is 33.6 Å². The number of fused-ring (bicyclic) bond motifs is 1. The predicted octanol–water partition coefficient (Wildman–Crippen LogP) is 4.72. The molecule has 2 aromatic rings. The van der Waals surface area contributed by atoms with Crippen LogP contribution in [-0.2, 0) is 22.4 Å². The highest BCUT2D eigenvalue weighted by Gasteiger charge is 2.26. The Morgan fingerprint density at radius 3 is 2.79 bits per heavy atom. The van der Waals surface area contributed by atoms with Gasteiger partial charge < -0.3 is 14.8 Å². The summed E-state index contributed by atoms with van der Waals surface area (Å²) in [5, 5.41) is 6.58. The Labute approximate surface area is 191 Å². The third-order valence-electron chi connectivity index (χ3n) is 4.29. The van der Waals surface area contributed by atoms with E-state index in [0.717, 1.165) is 40.6 Å². The summed E-state index contributed by atoms with van der Waals surface area (Å²) < 4.78 is 11.2. The predicted molar refractivity (Wildman–Crippen MR) is 121 cm³/mol. The van der Waals surface area contributed by atoms with Crippen LogP contribution in [0.4, 0.5) is 5.00 Å². The van der Waals surface area contributed by atoms with Gasteiger partial charge in [-0.15, -0.1) is 11.3 Å². The number of anilines is 1. The number of methoxy groups -OCH3 is 1. The Morgan fingerprint density at radius 2 is 2.07 bits per heavy atom. The van der Waals surface area contributed by atoms with Crippen LogP contribution >= 0.6 is 51.1 Å². The van der Waals surface area contributed by atoms with Crippen LogP contribution in [0.25, 0.3) is 0 Å². The summed E-state index contributed by atoms with van der Waals surface area (Å²) in [4.78, 5) is 25.6. The molecule has 29 heavy (non-hydrogen) atoms. The highest BCUT2D eigenvalue weighted by atomic mass is 79.9. The van der Waals surface area contributed by atoms with Crippen molar-refractivity contribution in [1.29, 1.82) is 0 Å². The largest absolute Gasteiger partial charge is 0.482 e. The van der Waals surface area contributed by atoms with Crippen LogP contribution in [0.5, 0.6) is 5.75 Å². The second-order valence-corrected chi connectivity index (χ2v) is 9.11. The smallest absolute Gasteiger partial charge is 0.341 e. The van der Waals surface area contributed by atoms with Gasteiger partial charge >= 0.3 is 5.97 Å². The zero-order valence-electron chi connectivity index (χ0n) is 15.5. The number of nitrogens with one attached hydrogen (secondary N) is 2. The summed E-state index contributed by atoms with van der Waals surface area (Å²) in [6, 6.07) is 5.10. The number of thiocarbonyl (C=S) groups is 1. The van der Waals surface area contributed by atoms with Gasteiger partial charge in [0.2, 0.25) is 0 Å². The van der Waals surface area contributed by atoms with Crippen molar-refractivity contribution in [2.75, 3.05) is 19.0 Å². The molecule has 0 bridgehead atoms. The SMILES string of the molecule is COC(=O)c1c(NC(=S)NC(=O)COc2ccc(Br)cc2Cl)sc2c1CCCC2. The molecule has 10 heteroatoms. The number of amides is 1. The van der Waals surface area contributed by atoms with E-state index in [1.54, 1.807) is 18.2 Å². The lowest BCUT2D eigenvalue weighted by molar-refractivity contribution is -0.121. The first kappa shape index (κ1) is 22.0. The van der Waals surface area contributed by atoms with Gasteiger partial charge in [0.25, 0.3) is 5.91 Å². The van der Waals surface area contributed by atoms with E-state index >= 15 is 0 Å². The third kappa shape index (κ3) is 5.48. The van der Waals surface area contributed by atoms with Crippen molar-refractivity contribution >= 4 is 73.1 Å². The number of hydrogen-bond acceptors (Lipinski definition) is 6. The van der Waals surface area contributed by atoms with Gasteiger partial charge in [-0.25, -0.2) is 4.79 Å². The minimum atomic E-state index is -0.442. The Kier molecular flexibility index (Phi) is 7.50. The quantitative estimate of drug-likeness (QED) is 0.441. The third-order valence-corrected chi connectivity index (χ3v) is 6.49. The molecule has 0 saturated carbocycles.